The highest BCUT2D eigenvalue weighted by molar-refractivity contribution is 9.10. The summed E-state index contributed by atoms with van der Waals surface area (Å²) >= 11 is 3.43. The first-order chi connectivity index (χ1) is 10.8. The van der Waals surface area contributed by atoms with E-state index in [-0.39, 0.29) is 12.5 Å². The molecule has 0 unspecified atom stereocenters. The van der Waals surface area contributed by atoms with E-state index in [9.17, 15) is 9.59 Å². The average Bonchev–Trinajstić information content (AvgIpc) is 2.78. The second-order valence-corrected chi connectivity index (χ2v) is 6.12. The number of aromatic amines is 1. The SMILES string of the molecule is CCOC(=O)c1[nH]c(C)c(C(=O)Nc2ccc(Br)c(C)c2)c1C. The van der Waals surface area contributed by atoms with Crippen LogP contribution < -0.4 is 5.32 Å². The highest BCUT2D eigenvalue weighted by Gasteiger charge is 2.22. The molecule has 5 nitrogen and oxygen atoms in total. The van der Waals surface area contributed by atoms with Crippen LogP contribution in [0.15, 0.2) is 22.7 Å². The molecule has 0 spiro atoms. The summed E-state index contributed by atoms with van der Waals surface area (Å²) < 4.78 is 5.98. The van der Waals surface area contributed by atoms with Crippen molar-refractivity contribution in [1.82, 2.24) is 4.98 Å². The minimum atomic E-state index is -0.452. The number of anilines is 1. The molecule has 0 aliphatic carbocycles. The first-order valence-corrected chi connectivity index (χ1v) is 8.08. The Hall–Kier alpha value is -2.08. The molecule has 2 aromatic rings. The van der Waals surface area contributed by atoms with Crippen molar-refractivity contribution in [2.75, 3.05) is 11.9 Å². The van der Waals surface area contributed by atoms with Crippen LogP contribution in [-0.2, 0) is 4.74 Å². The minimum absolute atomic E-state index is 0.256. The highest BCUT2D eigenvalue weighted by atomic mass is 79.9. The topological polar surface area (TPSA) is 71.2 Å². The molecule has 0 aliphatic rings. The molecule has 23 heavy (non-hydrogen) atoms. The Morgan fingerprint density at radius 2 is 1.96 bits per heavy atom. The molecule has 1 amide bonds. The number of hydrogen-bond acceptors (Lipinski definition) is 3. The molecule has 1 heterocycles. The van der Waals surface area contributed by atoms with Crippen LogP contribution in [0.3, 0.4) is 0 Å². The van der Waals surface area contributed by atoms with Gasteiger partial charge >= 0.3 is 5.97 Å². The van der Waals surface area contributed by atoms with Gasteiger partial charge in [-0.1, -0.05) is 15.9 Å². The van der Waals surface area contributed by atoms with Gasteiger partial charge in [-0.15, -0.1) is 0 Å². The third kappa shape index (κ3) is 3.64. The summed E-state index contributed by atoms with van der Waals surface area (Å²) in [5.41, 5.74) is 3.74. The molecule has 0 saturated heterocycles. The van der Waals surface area contributed by atoms with Gasteiger partial charge in [0.2, 0.25) is 0 Å². The number of amides is 1. The van der Waals surface area contributed by atoms with Crippen LogP contribution in [0, 0.1) is 20.8 Å². The van der Waals surface area contributed by atoms with Crippen molar-refractivity contribution in [3.63, 3.8) is 0 Å². The normalized spacial score (nSPS) is 10.5. The maximum atomic E-state index is 12.6. The number of halogens is 1. The zero-order valence-corrected chi connectivity index (χ0v) is 15.1. The number of rotatable bonds is 4. The maximum Gasteiger partial charge on any atom is 0.355 e. The van der Waals surface area contributed by atoms with Crippen LogP contribution >= 0.6 is 15.9 Å². The van der Waals surface area contributed by atoms with Crippen molar-refractivity contribution in [1.29, 1.82) is 0 Å². The summed E-state index contributed by atoms with van der Waals surface area (Å²) in [6.45, 7) is 7.48. The molecule has 2 N–H and O–H groups in total. The first kappa shape index (κ1) is 17.3. The average molecular weight is 379 g/mol. The summed E-state index contributed by atoms with van der Waals surface area (Å²) in [7, 11) is 0. The molecule has 0 radical (unpaired) electrons. The summed E-state index contributed by atoms with van der Waals surface area (Å²) in [5, 5.41) is 2.86. The van der Waals surface area contributed by atoms with Crippen LogP contribution in [0.2, 0.25) is 0 Å². The van der Waals surface area contributed by atoms with E-state index in [1.807, 2.05) is 25.1 Å². The number of ether oxygens (including phenoxy) is 1. The minimum Gasteiger partial charge on any atom is -0.461 e. The van der Waals surface area contributed by atoms with E-state index in [4.69, 9.17) is 4.74 Å². The third-order valence-electron chi connectivity index (χ3n) is 3.56. The summed E-state index contributed by atoms with van der Waals surface area (Å²) in [6.07, 6.45) is 0. The lowest BCUT2D eigenvalue weighted by atomic mass is 10.1. The lowest BCUT2D eigenvalue weighted by molar-refractivity contribution is 0.0519. The van der Waals surface area contributed by atoms with Crippen molar-refractivity contribution in [3.8, 4) is 0 Å². The van der Waals surface area contributed by atoms with E-state index in [2.05, 4.69) is 26.2 Å². The molecule has 2 rings (SSSR count). The van der Waals surface area contributed by atoms with Crippen LogP contribution in [0.25, 0.3) is 0 Å². The molecule has 0 bridgehead atoms. The van der Waals surface area contributed by atoms with Crippen molar-refractivity contribution in [3.05, 3.63) is 50.8 Å². The number of nitrogens with one attached hydrogen (secondary N) is 2. The van der Waals surface area contributed by atoms with E-state index in [0.717, 1.165) is 10.0 Å². The van der Waals surface area contributed by atoms with E-state index < -0.39 is 5.97 Å². The van der Waals surface area contributed by atoms with Gasteiger partial charge in [0.15, 0.2) is 0 Å². The zero-order valence-electron chi connectivity index (χ0n) is 13.5. The maximum absolute atomic E-state index is 12.6. The number of esters is 1. The van der Waals surface area contributed by atoms with Crippen molar-refractivity contribution >= 4 is 33.5 Å². The van der Waals surface area contributed by atoms with Crippen molar-refractivity contribution in [2.24, 2.45) is 0 Å². The Balaban J connectivity index is 2.29. The Morgan fingerprint density at radius 3 is 2.57 bits per heavy atom. The predicted molar refractivity (Wildman–Crippen MR) is 93.1 cm³/mol. The van der Waals surface area contributed by atoms with E-state index in [0.29, 0.717) is 28.2 Å². The Bertz CT molecular complexity index is 765. The fraction of sp³-hybridized carbons (Fsp3) is 0.294. The van der Waals surface area contributed by atoms with E-state index in [1.54, 1.807) is 20.8 Å². The van der Waals surface area contributed by atoms with Gasteiger partial charge in [0.25, 0.3) is 5.91 Å². The number of benzene rings is 1. The van der Waals surface area contributed by atoms with E-state index >= 15 is 0 Å². The molecule has 0 aliphatic heterocycles. The molecule has 122 valence electrons. The number of aryl methyl sites for hydroxylation is 2. The number of carbonyl (C=O) groups is 2. The second-order valence-electron chi connectivity index (χ2n) is 5.26. The van der Waals surface area contributed by atoms with Gasteiger partial charge in [-0.3, -0.25) is 4.79 Å². The Morgan fingerprint density at radius 1 is 1.26 bits per heavy atom. The zero-order chi connectivity index (χ0) is 17.1. The van der Waals surface area contributed by atoms with Crippen molar-refractivity contribution in [2.45, 2.75) is 27.7 Å². The largest absolute Gasteiger partial charge is 0.461 e. The predicted octanol–water partition coefficient (Wildman–Crippen LogP) is 4.13. The number of hydrogen-bond donors (Lipinski definition) is 2. The van der Waals surface area contributed by atoms with Crippen LogP contribution in [-0.4, -0.2) is 23.5 Å². The highest BCUT2D eigenvalue weighted by Crippen LogP contribution is 2.23. The number of carbonyl (C=O) groups excluding carboxylic acids is 2. The standard InChI is InChI=1S/C17H19BrN2O3/c1-5-23-17(22)15-10(3)14(11(4)19-15)16(21)20-12-6-7-13(18)9(2)8-12/h6-8,19H,5H2,1-4H3,(H,20,21). The summed E-state index contributed by atoms with van der Waals surface area (Å²) in [4.78, 5) is 27.4. The van der Waals surface area contributed by atoms with Crippen LogP contribution in [0.1, 0.15) is 44.6 Å². The van der Waals surface area contributed by atoms with Crippen LogP contribution in [0.5, 0.6) is 0 Å². The fourth-order valence-electron chi connectivity index (χ4n) is 2.41. The molecule has 1 aromatic carbocycles. The summed E-state index contributed by atoms with van der Waals surface area (Å²) in [6, 6.07) is 5.58. The Kier molecular flexibility index (Phi) is 5.26. The second kappa shape index (κ2) is 7.00. The lowest BCUT2D eigenvalue weighted by Gasteiger charge is -2.08. The van der Waals surface area contributed by atoms with Crippen molar-refractivity contribution < 1.29 is 14.3 Å². The number of aromatic nitrogens is 1. The number of H-pyrrole nitrogens is 1. The van der Waals surface area contributed by atoms with Gasteiger partial charge in [0.05, 0.1) is 12.2 Å². The van der Waals surface area contributed by atoms with Gasteiger partial charge in [0, 0.05) is 15.9 Å². The Labute approximate surface area is 143 Å². The van der Waals surface area contributed by atoms with Crippen LogP contribution in [0.4, 0.5) is 5.69 Å². The van der Waals surface area contributed by atoms with Gasteiger partial charge < -0.3 is 15.0 Å². The molecular weight excluding hydrogens is 360 g/mol. The fourth-order valence-corrected chi connectivity index (χ4v) is 2.66. The smallest absolute Gasteiger partial charge is 0.355 e. The molecule has 1 aromatic heterocycles. The lowest BCUT2D eigenvalue weighted by Crippen LogP contribution is -2.14. The first-order valence-electron chi connectivity index (χ1n) is 7.29. The molecule has 0 fully saturated rings. The third-order valence-corrected chi connectivity index (χ3v) is 4.45. The van der Waals surface area contributed by atoms with Gasteiger partial charge in [-0.25, -0.2) is 4.79 Å². The summed E-state index contributed by atoms with van der Waals surface area (Å²) in [5.74, 6) is -0.708. The molecule has 6 heteroatoms. The van der Waals surface area contributed by atoms with Gasteiger partial charge in [0.1, 0.15) is 5.69 Å². The van der Waals surface area contributed by atoms with Gasteiger partial charge in [-0.05, 0) is 57.0 Å². The monoisotopic (exact) mass is 378 g/mol. The van der Waals surface area contributed by atoms with Gasteiger partial charge in [-0.2, -0.15) is 0 Å². The quantitative estimate of drug-likeness (QED) is 0.785. The molecular formula is C17H19BrN2O3. The van der Waals surface area contributed by atoms with E-state index in [1.165, 1.54) is 0 Å². The molecule has 0 atom stereocenters. The molecule has 0 saturated carbocycles.